The Morgan fingerprint density at radius 3 is 2.71 bits per heavy atom. The van der Waals surface area contributed by atoms with E-state index >= 15 is 0 Å². The summed E-state index contributed by atoms with van der Waals surface area (Å²) in [6.07, 6.45) is 0. The van der Waals surface area contributed by atoms with Crippen LogP contribution in [0.15, 0.2) is 18.2 Å². The van der Waals surface area contributed by atoms with Crippen molar-refractivity contribution < 1.29 is 22.3 Å². The molecule has 1 aromatic rings. The summed E-state index contributed by atoms with van der Waals surface area (Å²) in [5.41, 5.74) is 5.29. The Hall–Kier alpha value is -2.11. The van der Waals surface area contributed by atoms with E-state index in [9.17, 15) is 17.6 Å². The SMILES string of the molecule is COC(=O)C(C)S(=O)(=O)Nc1ccc(C#CCN)cc1F. The van der Waals surface area contributed by atoms with Crippen molar-refractivity contribution in [3.63, 3.8) is 0 Å². The molecule has 0 saturated carbocycles. The molecule has 21 heavy (non-hydrogen) atoms. The van der Waals surface area contributed by atoms with Gasteiger partial charge in [-0.25, -0.2) is 12.8 Å². The quantitative estimate of drug-likeness (QED) is 0.620. The molecule has 0 aromatic heterocycles. The molecule has 8 heteroatoms. The molecular formula is C13H15FN2O4S. The molecule has 0 spiro atoms. The highest BCUT2D eigenvalue weighted by Gasteiger charge is 2.29. The fourth-order valence-electron chi connectivity index (χ4n) is 1.36. The predicted octanol–water partition coefficient (Wildman–Crippen LogP) is 0.439. The van der Waals surface area contributed by atoms with Crippen LogP contribution in [0.4, 0.5) is 10.1 Å². The molecule has 0 saturated heterocycles. The number of halogens is 1. The first-order valence-corrected chi connectivity index (χ1v) is 7.44. The van der Waals surface area contributed by atoms with Crippen molar-refractivity contribution in [1.82, 2.24) is 0 Å². The summed E-state index contributed by atoms with van der Waals surface area (Å²) in [4.78, 5) is 11.2. The Morgan fingerprint density at radius 1 is 1.52 bits per heavy atom. The van der Waals surface area contributed by atoms with Crippen LogP contribution < -0.4 is 10.5 Å². The van der Waals surface area contributed by atoms with Crippen LogP contribution >= 0.6 is 0 Å². The van der Waals surface area contributed by atoms with E-state index in [2.05, 4.69) is 16.6 Å². The molecule has 0 amide bonds. The van der Waals surface area contributed by atoms with Gasteiger partial charge in [-0.3, -0.25) is 9.52 Å². The second kappa shape index (κ2) is 7.06. The van der Waals surface area contributed by atoms with Crippen LogP contribution in [0.3, 0.4) is 0 Å². The predicted molar refractivity (Wildman–Crippen MR) is 76.4 cm³/mol. The largest absolute Gasteiger partial charge is 0.468 e. The van der Waals surface area contributed by atoms with Gasteiger partial charge in [-0.2, -0.15) is 0 Å². The van der Waals surface area contributed by atoms with E-state index in [1.165, 1.54) is 12.1 Å². The molecule has 1 unspecified atom stereocenters. The van der Waals surface area contributed by atoms with E-state index in [0.29, 0.717) is 5.56 Å². The summed E-state index contributed by atoms with van der Waals surface area (Å²) in [5.74, 6) is 3.43. The zero-order valence-electron chi connectivity index (χ0n) is 11.5. The zero-order chi connectivity index (χ0) is 16.0. The third-order valence-electron chi connectivity index (χ3n) is 2.55. The van der Waals surface area contributed by atoms with Crippen LogP contribution in [-0.4, -0.2) is 33.3 Å². The number of anilines is 1. The van der Waals surface area contributed by atoms with Gasteiger partial charge >= 0.3 is 5.97 Å². The number of esters is 1. The Balaban J connectivity index is 3.01. The molecule has 1 aromatic carbocycles. The number of rotatable bonds is 4. The fourth-order valence-corrected chi connectivity index (χ4v) is 2.36. The highest BCUT2D eigenvalue weighted by molar-refractivity contribution is 7.94. The Morgan fingerprint density at radius 2 is 2.19 bits per heavy atom. The normalized spacial score (nSPS) is 12.0. The Kier molecular flexibility index (Phi) is 5.69. The van der Waals surface area contributed by atoms with Crippen LogP contribution in [-0.2, 0) is 19.6 Å². The minimum atomic E-state index is -4.10. The van der Waals surface area contributed by atoms with Gasteiger partial charge in [0.2, 0.25) is 10.0 Å². The average molecular weight is 314 g/mol. The maximum Gasteiger partial charge on any atom is 0.325 e. The van der Waals surface area contributed by atoms with Gasteiger partial charge in [0.15, 0.2) is 5.25 Å². The summed E-state index contributed by atoms with van der Waals surface area (Å²) in [6, 6.07) is 3.73. The molecule has 0 radical (unpaired) electrons. The summed E-state index contributed by atoms with van der Waals surface area (Å²) in [6.45, 7) is 1.28. The zero-order valence-corrected chi connectivity index (χ0v) is 12.3. The molecular weight excluding hydrogens is 299 g/mol. The van der Waals surface area contributed by atoms with Crippen LogP contribution in [0.1, 0.15) is 12.5 Å². The lowest BCUT2D eigenvalue weighted by atomic mass is 10.2. The number of ether oxygens (including phenoxy) is 1. The molecule has 0 fully saturated rings. The first kappa shape index (κ1) is 16.9. The third kappa shape index (κ3) is 4.44. The van der Waals surface area contributed by atoms with Gasteiger partial charge in [-0.1, -0.05) is 11.8 Å². The highest BCUT2D eigenvalue weighted by atomic mass is 32.2. The second-order valence-corrected chi connectivity index (χ2v) is 6.01. The molecule has 0 bridgehead atoms. The Bertz CT molecular complexity index is 692. The molecule has 0 aliphatic heterocycles. The van der Waals surface area contributed by atoms with Gasteiger partial charge in [-0.05, 0) is 25.1 Å². The number of nitrogens with one attached hydrogen (secondary N) is 1. The Labute approximate surface area is 122 Å². The van der Waals surface area contributed by atoms with Crippen LogP contribution in [0, 0.1) is 17.7 Å². The van der Waals surface area contributed by atoms with Crippen molar-refractivity contribution in [3.8, 4) is 11.8 Å². The van der Waals surface area contributed by atoms with E-state index in [1.807, 2.05) is 4.72 Å². The summed E-state index contributed by atoms with van der Waals surface area (Å²) in [5, 5.41) is -1.46. The van der Waals surface area contributed by atoms with E-state index in [-0.39, 0.29) is 12.2 Å². The van der Waals surface area contributed by atoms with Crippen molar-refractivity contribution >= 4 is 21.7 Å². The molecule has 6 nitrogen and oxygen atoms in total. The fraction of sp³-hybridized carbons (Fsp3) is 0.308. The van der Waals surface area contributed by atoms with E-state index in [1.54, 1.807) is 0 Å². The molecule has 3 N–H and O–H groups in total. The number of methoxy groups -OCH3 is 1. The maximum absolute atomic E-state index is 13.8. The standard InChI is InChI=1S/C13H15FN2O4S/c1-9(13(17)20-2)21(18,19)16-12-6-5-10(4-3-7-15)8-11(12)14/h5-6,8-9,16H,7,15H2,1-2H3. The number of hydrogen-bond acceptors (Lipinski definition) is 5. The van der Waals surface area contributed by atoms with Crippen molar-refractivity contribution in [1.29, 1.82) is 0 Å². The van der Waals surface area contributed by atoms with Gasteiger partial charge in [0.1, 0.15) is 5.82 Å². The number of sulfonamides is 1. The first-order chi connectivity index (χ1) is 9.81. The average Bonchev–Trinajstić information content (AvgIpc) is 2.45. The molecule has 0 heterocycles. The second-order valence-electron chi connectivity index (χ2n) is 4.01. The lowest BCUT2D eigenvalue weighted by Crippen LogP contribution is -2.33. The van der Waals surface area contributed by atoms with E-state index < -0.39 is 27.1 Å². The molecule has 114 valence electrons. The summed E-state index contributed by atoms with van der Waals surface area (Å²) >= 11 is 0. The van der Waals surface area contributed by atoms with Crippen molar-refractivity contribution in [2.24, 2.45) is 5.73 Å². The lowest BCUT2D eigenvalue weighted by Gasteiger charge is -2.13. The number of carbonyl (C=O) groups is 1. The van der Waals surface area contributed by atoms with Gasteiger partial charge in [0.05, 0.1) is 19.3 Å². The minimum Gasteiger partial charge on any atom is -0.468 e. The first-order valence-electron chi connectivity index (χ1n) is 5.89. The monoisotopic (exact) mass is 314 g/mol. The van der Waals surface area contributed by atoms with Gasteiger partial charge < -0.3 is 10.5 Å². The van der Waals surface area contributed by atoms with Crippen LogP contribution in [0.25, 0.3) is 0 Å². The number of nitrogens with two attached hydrogens (primary N) is 1. The van der Waals surface area contributed by atoms with E-state index in [0.717, 1.165) is 20.1 Å². The molecule has 0 aliphatic carbocycles. The van der Waals surface area contributed by atoms with Crippen LogP contribution in [0.2, 0.25) is 0 Å². The number of hydrogen-bond donors (Lipinski definition) is 2. The van der Waals surface area contributed by atoms with Gasteiger partial charge in [-0.15, -0.1) is 0 Å². The number of carbonyl (C=O) groups excluding carboxylic acids is 1. The maximum atomic E-state index is 13.8. The van der Waals surface area contributed by atoms with Crippen molar-refractivity contribution in [2.45, 2.75) is 12.2 Å². The van der Waals surface area contributed by atoms with Gasteiger partial charge in [0.25, 0.3) is 0 Å². The summed E-state index contributed by atoms with van der Waals surface area (Å²) in [7, 11) is -3.03. The molecule has 0 aliphatic rings. The van der Waals surface area contributed by atoms with Crippen LogP contribution in [0.5, 0.6) is 0 Å². The minimum absolute atomic E-state index is 0.132. The lowest BCUT2D eigenvalue weighted by molar-refractivity contribution is -0.139. The smallest absolute Gasteiger partial charge is 0.325 e. The topological polar surface area (TPSA) is 98.5 Å². The molecule has 1 atom stereocenters. The van der Waals surface area contributed by atoms with Crippen molar-refractivity contribution in [2.75, 3.05) is 18.4 Å². The summed E-state index contributed by atoms with van der Waals surface area (Å²) < 4.78 is 43.9. The van der Waals surface area contributed by atoms with Gasteiger partial charge in [0, 0.05) is 5.56 Å². The molecule has 1 rings (SSSR count). The third-order valence-corrected chi connectivity index (χ3v) is 4.18. The number of benzene rings is 1. The van der Waals surface area contributed by atoms with E-state index in [4.69, 9.17) is 5.73 Å². The highest BCUT2D eigenvalue weighted by Crippen LogP contribution is 2.18. The van der Waals surface area contributed by atoms with Crippen molar-refractivity contribution in [3.05, 3.63) is 29.6 Å².